The highest BCUT2D eigenvalue weighted by atomic mass is 79.9. The Balaban J connectivity index is 1.99. The van der Waals surface area contributed by atoms with Crippen molar-refractivity contribution in [1.82, 2.24) is 4.90 Å². The van der Waals surface area contributed by atoms with Crippen LogP contribution in [0.3, 0.4) is 0 Å². The van der Waals surface area contributed by atoms with E-state index in [4.69, 9.17) is 4.74 Å². The number of hydrogen-bond donors (Lipinski definition) is 1. The van der Waals surface area contributed by atoms with Crippen molar-refractivity contribution >= 4 is 27.5 Å². The molecule has 0 spiro atoms. The Kier molecular flexibility index (Phi) is 4.69. The fourth-order valence-corrected chi connectivity index (χ4v) is 2.82. The zero-order valence-corrected chi connectivity index (χ0v) is 12.9. The smallest absolute Gasteiger partial charge is 0.244 e. The molecular formula is C14H19BrN2O2. The fraction of sp³-hybridized carbons (Fsp3) is 0.500. The Morgan fingerprint density at radius 3 is 2.68 bits per heavy atom. The maximum atomic E-state index is 12.2. The molecule has 0 unspecified atom stereocenters. The molecule has 0 saturated carbocycles. The van der Waals surface area contributed by atoms with E-state index in [9.17, 15) is 4.79 Å². The molecule has 1 amide bonds. The minimum Gasteiger partial charge on any atom is -0.496 e. The Morgan fingerprint density at radius 2 is 2.11 bits per heavy atom. The molecule has 1 fully saturated rings. The van der Waals surface area contributed by atoms with E-state index >= 15 is 0 Å². The molecule has 0 bridgehead atoms. The maximum Gasteiger partial charge on any atom is 0.244 e. The third kappa shape index (κ3) is 3.41. The van der Waals surface area contributed by atoms with E-state index < -0.39 is 0 Å². The first-order valence-corrected chi connectivity index (χ1v) is 7.30. The zero-order chi connectivity index (χ0) is 13.8. The highest BCUT2D eigenvalue weighted by Crippen LogP contribution is 2.28. The number of hydrogen-bond acceptors (Lipinski definition) is 3. The fourth-order valence-electron chi connectivity index (χ4n) is 2.28. The van der Waals surface area contributed by atoms with Gasteiger partial charge in [0.05, 0.1) is 11.6 Å². The largest absolute Gasteiger partial charge is 0.496 e. The topological polar surface area (TPSA) is 41.6 Å². The lowest BCUT2D eigenvalue weighted by Gasteiger charge is -2.22. The maximum absolute atomic E-state index is 12.2. The van der Waals surface area contributed by atoms with Crippen molar-refractivity contribution in [1.29, 1.82) is 0 Å². The van der Waals surface area contributed by atoms with Crippen molar-refractivity contribution < 1.29 is 9.53 Å². The van der Waals surface area contributed by atoms with Gasteiger partial charge < -0.3 is 15.0 Å². The van der Waals surface area contributed by atoms with Gasteiger partial charge in [0.25, 0.3) is 0 Å². The molecule has 1 atom stereocenters. The summed E-state index contributed by atoms with van der Waals surface area (Å²) < 4.78 is 6.06. The number of halogens is 1. The summed E-state index contributed by atoms with van der Waals surface area (Å²) in [6, 6.07) is 5.50. The molecule has 1 aromatic carbocycles. The second-order valence-corrected chi connectivity index (χ2v) is 5.60. The number of nitrogens with one attached hydrogen (secondary N) is 1. The van der Waals surface area contributed by atoms with Crippen molar-refractivity contribution in [2.75, 3.05) is 25.5 Å². The van der Waals surface area contributed by atoms with Crippen LogP contribution in [-0.2, 0) is 4.79 Å². The third-order valence-electron chi connectivity index (χ3n) is 3.32. The van der Waals surface area contributed by atoms with Gasteiger partial charge in [-0.3, -0.25) is 4.79 Å². The van der Waals surface area contributed by atoms with E-state index in [2.05, 4.69) is 21.2 Å². The molecule has 104 valence electrons. The van der Waals surface area contributed by atoms with Crippen LogP contribution in [-0.4, -0.2) is 37.0 Å². The molecule has 1 aliphatic heterocycles. The first-order chi connectivity index (χ1) is 9.11. The highest BCUT2D eigenvalue weighted by Gasteiger charge is 2.23. The van der Waals surface area contributed by atoms with Gasteiger partial charge >= 0.3 is 0 Å². The number of likely N-dealkylation sites (tertiary alicyclic amines) is 1. The van der Waals surface area contributed by atoms with Crippen molar-refractivity contribution in [2.45, 2.75) is 25.8 Å². The number of carbonyl (C=O) groups is 1. The van der Waals surface area contributed by atoms with Crippen LogP contribution in [0.5, 0.6) is 5.75 Å². The van der Waals surface area contributed by atoms with Crippen LogP contribution in [0, 0.1) is 0 Å². The monoisotopic (exact) mass is 326 g/mol. The van der Waals surface area contributed by atoms with Crippen molar-refractivity contribution in [3.8, 4) is 5.75 Å². The molecule has 4 nitrogen and oxygen atoms in total. The van der Waals surface area contributed by atoms with Gasteiger partial charge in [-0.15, -0.1) is 0 Å². The number of benzene rings is 1. The second-order valence-electron chi connectivity index (χ2n) is 4.75. The molecule has 5 heteroatoms. The molecule has 0 radical (unpaired) electrons. The average molecular weight is 327 g/mol. The van der Waals surface area contributed by atoms with Gasteiger partial charge in [-0.25, -0.2) is 0 Å². The highest BCUT2D eigenvalue weighted by molar-refractivity contribution is 9.10. The van der Waals surface area contributed by atoms with E-state index in [1.165, 1.54) is 0 Å². The number of ether oxygens (including phenoxy) is 1. The number of carbonyl (C=O) groups excluding carboxylic acids is 1. The van der Waals surface area contributed by atoms with E-state index in [0.717, 1.165) is 41.8 Å². The number of anilines is 1. The molecule has 1 aromatic rings. The Bertz CT molecular complexity index is 459. The molecule has 1 N–H and O–H groups in total. The van der Waals surface area contributed by atoms with Gasteiger partial charge in [0.15, 0.2) is 0 Å². The summed E-state index contributed by atoms with van der Waals surface area (Å²) in [6.45, 7) is 3.67. The molecule has 19 heavy (non-hydrogen) atoms. The summed E-state index contributed by atoms with van der Waals surface area (Å²) >= 11 is 3.44. The quantitative estimate of drug-likeness (QED) is 0.925. The van der Waals surface area contributed by atoms with E-state index in [0.29, 0.717) is 0 Å². The van der Waals surface area contributed by atoms with Crippen LogP contribution in [0.15, 0.2) is 22.7 Å². The van der Waals surface area contributed by atoms with Gasteiger partial charge in [0.2, 0.25) is 5.91 Å². The Labute approximate surface area is 122 Å². The lowest BCUT2D eigenvalue weighted by atomic mass is 10.2. The van der Waals surface area contributed by atoms with Crippen LogP contribution in [0.1, 0.15) is 19.8 Å². The molecular weight excluding hydrogens is 308 g/mol. The predicted octanol–water partition coefficient (Wildman–Crippen LogP) is 2.88. The number of methoxy groups -OCH3 is 1. The SMILES string of the molecule is COc1ccc(N[C@@H](C)C(=O)N2CCCC2)cc1Br. The molecule has 1 aliphatic rings. The van der Waals surface area contributed by atoms with Crippen LogP contribution in [0.25, 0.3) is 0 Å². The Morgan fingerprint density at radius 1 is 1.42 bits per heavy atom. The Hall–Kier alpha value is -1.23. The molecule has 2 rings (SSSR count). The van der Waals surface area contributed by atoms with Gasteiger partial charge in [0, 0.05) is 18.8 Å². The number of nitrogens with zero attached hydrogens (tertiary/aromatic N) is 1. The molecule has 0 aromatic heterocycles. The summed E-state index contributed by atoms with van der Waals surface area (Å²) in [7, 11) is 1.63. The second kappa shape index (κ2) is 6.28. The summed E-state index contributed by atoms with van der Waals surface area (Å²) in [4.78, 5) is 14.1. The minimum absolute atomic E-state index is 0.171. The first-order valence-electron chi connectivity index (χ1n) is 6.50. The number of rotatable bonds is 4. The van der Waals surface area contributed by atoms with Crippen molar-refractivity contribution in [3.63, 3.8) is 0 Å². The summed E-state index contributed by atoms with van der Waals surface area (Å²) in [6.07, 6.45) is 2.24. The normalized spacial score (nSPS) is 16.3. The standard InChI is InChI=1S/C14H19BrN2O2/c1-10(14(18)17-7-3-4-8-17)16-11-5-6-13(19-2)12(15)9-11/h5-6,9-10,16H,3-4,7-8H2,1-2H3/t10-/m0/s1. The third-order valence-corrected chi connectivity index (χ3v) is 3.94. The minimum atomic E-state index is -0.210. The summed E-state index contributed by atoms with van der Waals surface area (Å²) in [5, 5.41) is 3.23. The predicted molar refractivity (Wildman–Crippen MR) is 79.6 cm³/mol. The molecule has 1 saturated heterocycles. The lowest BCUT2D eigenvalue weighted by Crippen LogP contribution is -2.39. The van der Waals surface area contributed by atoms with E-state index in [1.807, 2.05) is 30.0 Å². The lowest BCUT2D eigenvalue weighted by molar-refractivity contribution is -0.130. The van der Waals surface area contributed by atoms with E-state index in [1.54, 1.807) is 7.11 Å². The molecule has 1 heterocycles. The van der Waals surface area contributed by atoms with Crippen LogP contribution >= 0.6 is 15.9 Å². The van der Waals surface area contributed by atoms with Crippen LogP contribution in [0.4, 0.5) is 5.69 Å². The summed E-state index contributed by atoms with van der Waals surface area (Å²) in [5.41, 5.74) is 0.910. The van der Waals surface area contributed by atoms with Gasteiger partial charge in [-0.05, 0) is 53.9 Å². The van der Waals surface area contributed by atoms with Crippen molar-refractivity contribution in [3.05, 3.63) is 22.7 Å². The first kappa shape index (κ1) is 14.2. The van der Waals surface area contributed by atoms with Crippen LogP contribution < -0.4 is 10.1 Å². The molecule has 0 aliphatic carbocycles. The van der Waals surface area contributed by atoms with Gasteiger partial charge in [-0.1, -0.05) is 0 Å². The zero-order valence-electron chi connectivity index (χ0n) is 11.3. The van der Waals surface area contributed by atoms with Gasteiger partial charge in [-0.2, -0.15) is 0 Å². The summed E-state index contributed by atoms with van der Waals surface area (Å²) in [5.74, 6) is 0.952. The van der Waals surface area contributed by atoms with Gasteiger partial charge in [0.1, 0.15) is 11.8 Å². The van der Waals surface area contributed by atoms with Crippen LogP contribution in [0.2, 0.25) is 0 Å². The average Bonchev–Trinajstić information content (AvgIpc) is 2.92. The van der Waals surface area contributed by atoms with Crippen molar-refractivity contribution in [2.24, 2.45) is 0 Å². The number of amides is 1. The van der Waals surface area contributed by atoms with E-state index in [-0.39, 0.29) is 11.9 Å².